The zero-order chi connectivity index (χ0) is 18.4. The Balaban J connectivity index is 1.40. The summed E-state index contributed by atoms with van der Waals surface area (Å²) in [6, 6.07) is 6.11. The van der Waals surface area contributed by atoms with Gasteiger partial charge in [0.1, 0.15) is 6.54 Å². The molecular formula is C18H17N3O5. The monoisotopic (exact) mass is 355 g/mol. The minimum Gasteiger partial charge on any atom is -0.350 e. The Bertz CT molecular complexity index is 819. The van der Waals surface area contributed by atoms with Crippen LogP contribution in [0.2, 0.25) is 0 Å². The fraction of sp³-hybridized carbons (Fsp3) is 0.389. The first-order valence-electron chi connectivity index (χ1n) is 8.50. The van der Waals surface area contributed by atoms with Crippen LogP contribution < -0.4 is 5.32 Å². The van der Waals surface area contributed by atoms with E-state index in [1.165, 1.54) is 6.07 Å². The van der Waals surface area contributed by atoms with Crippen molar-refractivity contribution in [2.45, 2.75) is 13.0 Å². The van der Waals surface area contributed by atoms with E-state index in [-0.39, 0.29) is 54.3 Å². The lowest BCUT2D eigenvalue weighted by atomic mass is 9.85. The van der Waals surface area contributed by atoms with Crippen LogP contribution in [0.3, 0.4) is 0 Å². The third-order valence-corrected chi connectivity index (χ3v) is 5.53. The molecular weight excluding hydrogens is 338 g/mol. The van der Waals surface area contributed by atoms with Crippen molar-refractivity contribution in [3.8, 4) is 0 Å². The van der Waals surface area contributed by atoms with E-state index >= 15 is 0 Å². The highest BCUT2D eigenvalue weighted by molar-refractivity contribution is 6.08. The Morgan fingerprint density at radius 1 is 1.15 bits per heavy atom. The van der Waals surface area contributed by atoms with Crippen LogP contribution in [0.5, 0.6) is 0 Å². The molecule has 2 aliphatic carbocycles. The van der Waals surface area contributed by atoms with Gasteiger partial charge in [0.2, 0.25) is 17.7 Å². The first kappa shape index (κ1) is 16.4. The first-order chi connectivity index (χ1) is 12.5. The normalized spacial score (nSPS) is 28.5. The number of nitro groups is 1. The predicted molar refractivity (Wildman–Crippen MR) is 89.4 cm³/mol. The van der Waals surface area contributed by atoms with Crippen LogP contribution in [0.25, 0.3) is 0 Å². The topological polar surface area (TPSA) is 110 Å². The average molecular weight is 355 g/mol. The molecule has 4 atom stereocenters. The van der Waals surface area contributed by atoms with Crippen molar-refractivity contribution >= 4 is 23.4 Å². The zero-order valence-electron chi connectivity index (χ0n) is 13.8. The number of para-hydroxylation sites is 1. The molecule has 1 aromatic rings. The maximum atomic E-state index is 12.5. The van der Waals surface area contributed by atoms with Crippen LogP contribution in [0, 0.1) is 33.8 Å². The number of rotatable bonds is 5. The van der Waals surface area contributed by atoms with Crippen molar-refractivity contribution in [3.63, 3.8) is 0 Å². The van der Waals surface area contributed by atoms with Gasteiger partial charge in [-0.15, -0.1) is 0 Å². The number of fused-ring (bicyclic) bond motifs is 5. The Morgan fingerprint density at radius 2 is 1.77 bits per heavy atom. The highest BCUT2D eigenvalue weighted by atomic mass is 16.6. The van der Waals surface area contributed by atoms with Crippen molar-refractivity contribution in [3.05, 3.63) is 52.1 Å². The number of nitrogens with zero attached hydrogens (tertiary/aromatic N) is 2. The molecule has 8 heteroatoms. The van der Waals surface area contributed by atoms with Gasteiger partial charge in [-0.05, 0) is 18.3 Å². The van der Waals surface area contributed by atoms with Crippen LogP contribution in [0.4, 0.5) is 5.69 Å². The number of allylic oxidation sites excluding steroid dienone is 2. The highest BCUT2D eigenvalue weighted by Crippen LogP contribution is 2.52. The number of imide groups is 1. The van der Waals surface area contributed by atoms with E-state index in [1.807, 2.05) is 12.2 Å². The maximum Gasteiger partial charge on any atom is 0.274 e. The molecule has 1 heterocycles. The first-order valence-corrected chi connectivity index (χ1v) is 8.50. The van der Waals surface area contributed by atoms with Gasteiger partial charge in [-0.25, -0.2) is 0 Å². The molecule has 26 heavy (non-hydrogen) atoms. The summed E-state index contributed by atoms with van der Waals surface area (Å²) in [5.74, 6) is -1.54. The molecule has 1 saturated carbocycles. The Labute approximate surface area is 149 Å². The van der Waals surface area contributed by atoms with Crippen LogP contribution >= 0.6 is 0 Å². The summed E-state index contributed by atoms with van der Waals surface area (Å²) >= 11 is 0. The summed E-state index contributed by atoms with van der Waals surface area (Å²) < 4.78 is 0. The van der Waals surface area contributed by atoms with E-state index in [2.05, 4.69) is 5.32 Å². The average Bonchev–Trinajstić information content (AvgIpc) is 3.30. The molecule has 1 aromatic carbocycles. The summed E-state index contributed by atoms with van der Waals surface area (Å²) in [5, 5.41) is 13.6. The van der Waals surface area contributed by atoms with Gasteiger partial charge in [0.15, 0.2) is 0 Å². The molecule has 134 valence electrons. The van der Waals surface area contributed by atoms with E-state index < -0.39 is 10.8 Å². The zero-order valence-corrected chi connectivity index (χ0v) is 13.8. The minimum absolute atomic E-state index is 0.0358. The molecule has 0 unspecified atom stereocenters. The van der Waals surface area contributed by atoms with Gasteiger partial charge in [0, 0.05) is 18.2 Å². The van der Waals surface area contributed by atoms with Crippen molar-refractivity contribution in [2.24, 2.45) is 23.7 Å². The number of amides is 3. The van der Waals surface area contributed by atoms with Crippen LogP contribution in [-0.4, -0.2) is 34.1 Å². The highest BCUT2D eigenvalue weighted by Gasteiger charge is 2.59. The third-order valence-electron chi connectivity index (χ3n) is 5.53. The summed E-state index contributed by atoms with van der Waals surface area (Å²) in [6.07, 6.45) is 4.83. The molecule has 0 spiro atoms. The fourth-order valence-corrected chi connectivity index (χ4v) is 4.35. The molecule has 2 bridgehead atoms. The number of benzene rings is 1. The van der Waals surface area contributed by atoms with Crippen molar-refractivity contribution in [2.75, 3.05) is 6.54 Å². The number of carbonyl (C=O) groups excluding carboxylic acids is 3. The van der Waals surface area contributed by atoms with E-state index in [9.17, 15) is 24.5 Å². The number of carbonyl (C=O) groups is 3. The number of nitro benzene ring substituents is 1. The van der Waals surface area contributed by atoms with E-state index in [0.29, 0.717) is 5.56 Å². The van der Waals surface area contributed by atoms with Crippen LogP contribution in [0.1, 0.15) is 12.0 Å². The van der Waals surface area contributed by atoms with Gasteiger partial charge < -0.3 is 5.32 Å². The van der Waals surface area contributed by atoms with Gasteiger partial charge >= 0.3 is 0 Å². The molecule has 3 aliphatic rings. The van der Waals surface area contributed by atoms with E-state index in [0.717, 1.165) is 11.3 Å². The van der Waals surface area contributed by atoms with Gasteiger partial charge in [0.05, 0.1) is 16.8 Å². The fourth-order valence-electron chi connectivity index (χ4n) is 4.35. The third kappa shape index (κ3) is 2.49. The van der Waals surface area contributed by atoms with E-state index in [4.69, 9.17) is 0 Å². The predicted octanol–water partition coefficient (Wildman–Crippen LogP) is 1.02. The van der Waals surface area contributed by atoms with E-state index in [1.54, 1.807) is 18.2 Å². The molecule has 2 fully saturated rings. The quantitative estimate of drug-likeness (QED) is 0.367. The molecule has 0 aromatic heterocycles. The van der Waals surface area contributed by atoms with Gasteiger partial charge in [-0.2, -0.15) is 0 Å². The summed E-state index contributed by atoms with van der Waals surface area (Å²) in [7, 11) is 0. The maximum absolute atomic E-state index is 12.5. The lowest BCUT2D eigenvalue weighted by molar-refractivity contribution is -0.385. The number of hydrogen-bond donors (Lipinski definition) is 1. The lowest BCUT2D eigenvalue weighted by Gasteiger charge is -2.16. The van der Waals surface area contributed by atoms with Crippen LogP contribution in [-0.2, 0) is 20.9 Å². The number of hydrogen-bond acceptors (Lipinski definition) is 5. The molecule has 4 rings (SSSR count). The molecule has 0 radical (unpaired) electrons. The second-order valence-electron chi connectivity index (χ2n) is 6.93. The number of nitrogens with one attached hydrogen (secondary N) is 1. The van der Waals surface area contributed by atoms with Gasteiger partial charge in [-0.1, -0.05) is 30.4 Å². The van der Waals surface area contributed by atoms with Gasteiger partial charge in [-0.3, -0.25) is 29.4 Å². The van der Waals surface area contributed by atoms with Crippen molar-refractivity contribution in [1.29, 1.82) is 0 Å². The minimum atomic E-state index is -0.515. The summed E-state index contributed by atoms with van der Waals surface area (Å²) in [6.45, 7) is -0.378. The molecule has 8 nitrogen and oxygen atoms in total. The lowest BCUT2D eigenvalue weighted by Crippen LogP contribution is -2.41. The second-order valence-corrected chi connectivity index (χ2v) is 6.93. The van der Waals surface area contributed by atoms with Crippen molar-refractivity contribution in [1.82, 2.24) is 10.2 Å². The molecule has 3 amide bonds. The smallest absolute Gasteiger partial charge is 0.274 e. The molecule has 1 N–H and O–H groups in total. The van der Waals surface area contributed by atoms with Crippen molar-refractivity contribution < 1.29 is 19.3 Å². The molecule has 1 saturated heterocycles. The largest absolute Gasteiger partial charge is 0.350 e. The second kappa shape index (κ2) is 6.05. The Kier molecular flexibility index (Phi) is 3.82. The number of likely N-dealkylation sites (tertiary alicyclic amines) is 1. The molecule has 1 aliphatic heterocycles. The summed E-state index contributed by atoms with van der Waals surface area (Å²) in [5.41, 5.74) is 0.280. The van der Waals surface area contributed by atoms with Crippen LogP contribution in [0.15, 0.2) is 36.4 Å². The van der Waals surface area contributed by atoms with Gasteiger partial charge in [0.25, 0.3) is 5.69 Å². The Morgan fingerprint density at radius 3 is 2.38 bits per heavy atom. The summed E-state index contributed by atoms with van der Waals surface area (Å²) in [4.78, 5) is 48.8. The standard InChI is InChI=1S/C18H17N3O5/c22-14(19-8-12-3-1-2-4-13(12)21(25)26)9-20-17(23)15-10-5-6-11(7-10)16(15)18(20)24/h1-6,10-11,15-16H,7-9H2,(H,19,22)/t10-,11-,15+,16+/m0/s1. The SMILES string of the molecule is O=C(CN1C(=O)[C@H]2[C@H](C1=O)[C@H]1C=C[C@H]2C1)NCc1ccccc1[N+](=O)[O-]. The Hall–Kier alpha value is -3.03.